The zero-order valence-corrected chi connectivity index (χ0v) is 15.3. The predicted molar refractivity (Wildman–Crippen MR) is 101 cm³/mol. The molecule has 0 bridgehead atoms. The van der Waals surface area contributed by atoms with E-state index in [0.29, 0.717) is 30.0 Å². The Balaban J connectivity index is 2.02. The highest BCUT2D eigenvalue weighted by molar-refractivity contribution is 5.97. The third kappa shape index (κ3) is 5.24. The van der Waals surface area contributed by atoms with Crippen LogP contribution in [0.2, 0.25) is 0 Å². The van der Waals surface area contributed by atoms with Crippen LogP contribution in [0, 0.1) is 0 Å². The quantitative estimate of drug-likeness (QED) is 0.760. The van der Waals surface area contributed by atoms with Crippen molar-refractivity contribution in [1.29, 1.82) is 0 Å². The Bertz CT molecular complexity index is 774. The van der Waals surface area contributed by atoms with Crippen LogP contribution in [0.3, 0.4) is 0 Å². The summed E-state index contributed by atoms with van der Waals surface area (Å²) in [4.78, 5) is 24.1. The second-order valence-electron chi connectivity index (χ2n) is 5.75. The first-order chi connectivity index (χ1) is 12.6. The monoisotopic (exact) mass is 356 g/mol. The largest absolute Gasteiger partial charge is 0.497 e. The van der Waals surface area contributed by atoms with Crippen molar-refractivity contribution in [2.75, 3.05) is 19.5 Å². The van der Waals surface area contributed by atoms with Crippen LogP contribution in [0.5, 0.6) is 11.5 Å². The van der Waals surface area contributed by atoms with E-state index in [4.69, 9.17) is 9.47 Å². The summed E-state index contributed by atoms with van der Waals surface area (Å²) in [6.07, 6.45) is 1.28. The molecule has 6 heteroatoms. The lowest BCUT2D eigenvalue weighted by atomic mass is 10.1. The molecule has 0 aliphatic carbocycles. The van der Waals surface area contributed by atoms with Gasteiger partial charge in [0.1, 0.15) is 11.5 Å². The fraction of sp³-hybridized carbons (Fsp3) is 0.300. The number of nitrogens with one attached hydrogen (secondary N) is 2. The van der Waals surface area contributed by atoms with E-state index in [9.17, 15) is 9.59 Å². The number of carbonyl (C=O) groups is 2. The van der Waals surface area contributed by atoms with Gasteiger partial charge in [0.15, 0.2) is 0 Å². The van der Waals surface area contributed by atoms with Crippen molar-refractivity contribution in [3.05, 3.63) is 53.6 Å². The van der Waals surface area contributed by atoms with Crippen LogP contribution in [0.25, 0.3) is 0 Å². The third-order valence-electron chi connectivity index (χ3n) is 3.79. The number of carbonyl (C=O) groups excluding carboxylic acids is 2. The SMILES string of the molecule is CCCC(=O)Nc1cccc(CNC(=O)c2ccc(OC)cc2OC)c1. The second kappa shape index (κ2) is 9.46. The van der Waals surface area contributed by atoms with Crippen molar-refractivity contribution in [2.24, 2.45) is 0 Å². The van der Waals surface area contributed by atoms with Gasteiger partial charge in [-0.05, 0) is 36.2 Å². The van der Waals surface area contributed by atoms with E-state index >= 15 is 0 Å². The molecule has 26 heavy (non-hydrogen) atoms. The van der Waals surface area contributed by atoms with Gasteiger partial charge >= 0.3 is 0 Å². The molecule has 0 aromatic heterocycles. The summed E-state index contributed by atoms with van der Waals surface area (Å²) >= 11 is 0. The van der Waals surface area contributed by atoms with Crippen LogP contribution in [0.1, 0.15) is 35.7 Å². The van der Waals surface area contributed by atoms with Crippen molar-refractivity contribution >= 4 is 17.5 Å². The van der Waals surface area contributed by atoms with Gasteiger partial charge in [-0.3, -0.25) is 9.59 Å². The molecule has 0 aliphatic rings. The van der Waals surface area contributed by atoms with Crippen molar-refractivity contribution in [1.82, 2.24) is 5.32 Å². The van der Waals surface area contributed by atoms with Crippen molar-refractivity contribution in [3.8, 4) is 11.5 Å². The summed E-state index contributed by atoms with van der Waals surface area (Å²) in [5.41, 5.74) is 2.04. The minimum Gasteiger partial charge on any atom is -0.497 e. The Morgan fingerprint density at radius 1 is 1.04 bits per heavy atom. The summed E-state index contributed by atoms with van der Waals surface area (Å²) in [6.45, 7) is 2.30. The van der Waals surface area contributed by atoms with Gasteiger partial charge in [-0.25, -0.2) is 0 Å². The van der Waals surface area contributed by atoms with Crippen LogP contribution >= 0.6 is 0 Å². The minimum absolute atomic E-state index is 0.0170. The first-order valence-corrected chi connectivity index (χ1v) is 8.46. The number of ether oxygens (including phenoxy) is 2. The Morgan fingerprint density at radius 3 is 2.54 bits per heavy atom. The topological polar surface area (TPSA) is 76.7 Å². The molecule has 0 fully saturated rings. The average Bonchev–Trinajstić information content (AvgIpc) is 2.66. The average molecular weight is 356 g/mol. The molecule has 0 heterocycles. The van der Waals surface area contributed by atoms with Gasteiger partial charge in [0, 0.05) is 24.7 Å². The smallest absolute Gasteiger partial charge is 0.255 e. The highest BCUT2D eigenvalue weighted by Gasteiger charge is 2.13. The fourth-order valence-electron chi connectivity index (χ4n) is 2.47. The minimum atomic E-state index is -0.245. The highest BCUT2D eigenvalue weighted by Crippen LogP contribution is 2.24. The maximum atomic E-state index is 12.4. The van der Waals surface area contributed by atoms with Crippen LogP contribution < -0.4 is 20.1 Å². The fourth-order valence-corrected chi connectivity index (χ4v) is 2.47. The van der Waals surface area contributed by atoms with Gasteiger partial charge in [-0.1, -0.05) is 19.1 Å². The maximum Gasteiger partial charge on any atom is 0.255 e. The van der Waals surface area contributed by atoms with E-state index < -0.39 is 0 Å². The number of hydrogen-bond donors (Lipinski definition) is 2. The van der Waals surface area contributed by atoms with Crippen LogP contribution in [0.15, 0.2) is 42.5 Å². The van der Waals surface area contributed by atoms with E-state index in [2.05, 4.69) is 10.6 Å². The number of benzene rings is 2. The summed E-state index contributed by atoms with van der Waals surface area (Å²) in [7, 11) is 3.06. The summed E-state index contributed by atoms with van der Waals surface area (Å²) < 4.78 is 10.4. The zero-order valence-electron chi connectivity index (χ0n) is 15.3. The second-order valence-corrected chi connectivity index (χ2v) is 5.75. The molecule has 2 rings (SSSR count). The molecule has 0 unspecified atom stereocenters. The number of methoxy groups -OCH3 is 2. The van der Waals surface area contributed by atoms with Gasteiger partial charge in [0.05, 0.1) is 19.8 Å². The molecule has 2 aromatic rings. The van der Waals surface area contributed by atoms with E-state index in [1.807, 2.05) is 31.2 Å². The number of hydrogen-bond acceptors (Lipinski definition) is 4. The number of anilines is 1. The molecule has 2 amide bonds. The van der Waals surface area contributed by atoms with Crippen molar-refractivity contribution in [3.63, 3.8) is 0 Å². The standard InChI is InChI=1S/C20H24N2O4/c1-4-6-19(23)22-15-8-5-7-14(11-15)13-21-20(24)17-10-9-16(25-2)12-18(17)26-3/h5,7-12H,4,6,13H2,1-3H3,(H,21,24)(H,22,23). The number of amides is 2. The van der Waals surface area contributed by atoms with Crippen molar-refractivity contribution in [2.45, 2.75) is 26.3 Å². The molecule has 2 aromatic carbocycles. The van der Waals surface area contributed by atoms with E-state index in [-0.39, 0.29) is 11.8 Å². The Labute approximate surface area is 153 Å². The Morgan fingerprint density at radius 2 is 1.85 bits per heavy atom. The molecule has 2 N–H and O–H groups in total. The molecular formula is C20H24N2O4. The van der Waals surface area contributed by atoms with Gasteiger partial charge in [-0.2, -0.15) is 0 Å². The van der Waals surface area contributed by atoms with Gasteiger partial charge in [0.25, 0.3) is 5.91 Å². The first kappa shape index (κ1) is 19.3. The molecule has 0 spiro atoms. The first-order valence-electron chi connectivity index (χ1n) is 8.46. The molecule has 0 atom stereocenters. The zero-order chi connectivity index (χ0) is 18.9. The Kier molecular flexibility index (Phi) is 7.02. The van der Waals surface area contributed by atoms with Crippen molar-refractivity contribution < 1.29 is 19.1 Å². The van der Waals surface area contributed by atoms with Gasteiger partial charge in [0.2, 0.25) is 5.91 Å². The summed E-state index contributed by atoms with van der Waals surface area (Å²) in [5, 5.41) is 5.71. The number of rotatable bonds is 8. The third-order valence-corrected chi connectivity index (χ3v) is 3.79. The van der Waals surface area contributed by atoms with Crippen LogP contribution in [-0.2, 0) is 11.3 Å². The van der Waals surface area contributed by atoms with E-state index in [1.165, 1.54) is 7.11 Å². The highest BCUT2D eigenvalue weighted by atomic mass is 16.5. The van der Waals surface area contributed by atoms with E-state index in [0.717, 1.165) is 17.7 Å². The molecule has 138 valence electrons. The Hall–Kier alpha value is -3.02. The molecule has 0 saturated heterocycles. The van der Waals surface area contributed by atoms with Gasteiger partial charge < -0.3 is 20.1 Å². The lowest BCUT2D eigenvalue weighted by Gasteiger charge is -2.11. The predicted octanol–water partition coefficient (Wildman–Crippen LogP) is 3.37. The molecule has 0 aliphatic heterocycles. The normalized spacial score (nSPS) is 10.1. The van der Waals surface area contributed by atoms with Gasteiger partial charge in [-0.15, -0.1) is 0 Å². The maximum absolute atomic E-state index is 12.4. The summed E-state index contributed by atoms with van der Waals surface area (Å²) in [5.74, 6) is 0.804. The lowest BCUT2D eigenvalue weighted by molar-refractivity contribution is -0.116. The molecular weight excluding hydrogens is 332 g/mol. The summed E-state index contributed by atoms with van der Waals surface area (Å²) in [6, 6.07) is 12.4. The van der Waals surface area contributed by atoms with E-state index in [1.54, 1.807) is 25.3 Å². The molecule has 0 radical (unpaired) electrons. The molecule has 6 nitrogen and oxygen atoms in total. The molecule has 0 saturated carbocycles. The van der Waals surface area contributed by atoms with Crippen LogP contribution in [-0.4, -0.2) is 26.0 Å². The van der Waals surface area contributed by atoms with Crippen LogP contribution in [0.4, 0.5) is 5.69 Å². The lowest BCUT2D eigenvalue weighted by Crippen LogP contribution is -2.23.